The number of benzene rings is 1. The SMILES string of the molecule is CC[C@H](CSc1nc2ccccc2s1)Nc1nc(Cl)nc2c1ncn2[C@@H]1O[C@H](CO)C(O)C1O. The Morgan fingerprint density at radius 1 is 1.24 bits per heavy atom. The van der Waals surface area contributed by atoms with E-state index in [1.807, 2.05) is 18.2 Å². The quantitative estimate of drug-likeness (QED) is 0.202. The van der Waals surface area contributed by atoms with E-state index >= 15 is 0 Å². The number of hydrogen-bond acceptors (Lipinski definition) is 11. The van der Waals surface area contributed by atoms with E-state index in [1.165, 1.54) is 10.9 Å². The third-order valence-electron chi connectivity index (χ3n) is 5.70. The Kier molecular flexibility index (Phi) is 6.89. The van der Waals surface area contributed by atoms with Crippen molar-refractivity contribution in [3.8, 4) is 0 Å². The molecule has 10 nitrogen and oxygen atoms in total. The molecular weight excluding hydrogens is 500 g/mol. The predicted molar refractivity (Wildman–Crippen MR) is 131 cm³/mol. The van der Waals surface area contributed by atoms with Crippen molar-refractivity contribution >= 4 is 61.9 Å². The number of aliphatic hydroxyl groups excluding tert-OH is 3. The summed E-state index contributed by atoms with van der Waals surface area (Å²) < 4.78 is 9.28. The molecule has 0 spiro atoms. The summed E-state index contributed by atoms with van der Waals surface area (Å²) in [4.78, 5) is 17.7. The first-order valence-corrected chi connectivity index (χ1v) is 12.9. The Labute approximate surface area is 208 Å². The maximum Gasteiger partial charge on any atom is 0.226 e. The summed E-state index contributed by atoms with van der Waals surface area (Å²) in [5, 5.41) is 33.3. The number of fused-ring (bicyclic) bond motifs is 2. The van der Waals surface area contributed by atoms with Gasteiger partial charge in [-0.25, -0.2) is 9.97 Å². The zero-order valence-corrected chi connectivity index (χ0v) is 20.5. The van der Waals surface area contributed by atoms with Crippen molar-refractivity contribution in [3.63, 3.8) is 0 Å². The molecular formula is C21H23ClN6O4S2. The maximum absolute atomic E-state index is 10.4. The number of hydrogen-bond donors (Lipinski definition) is 4. The molecule has 0 aliphatic carbocycles. The molecule has 0 amide bonds. The first-order chi connectivity index (χ1) is 16.5. The Morgan fingerprint density at radius 2 is 2.06 bits per heavy atom. The van der Waals surface area contributed by atoms with Crippen LogP contribution in [0.1, 0.15) is 19.6 Å². The summed E-state index contributed by atoms with van der Waals surface area (Å²) in [6.07, 6.45) is -2.07. The average molecular weight is 523 g/mol. The number of para-hydroxylation sites is 1. The molecule has 180 valence electrons. The number of rotatable bonds is 8. The molecule has 1 saturated heterocycles. The Morgan fingerprint density at radius 3 is 2.79 bits per heavy atom. The molecule has 34 heavy (non-hydrogen) atoms. The minimum atomic E-state index is -1.26. The summed E-state index contributed by atoms with van der Waals surface area (Å²) >= 11 is 9.56. The zero-order chi connectivity index (χ0) is 23.8. The van der Waals surface area contributed by atoms with E-state index in [4.69, 9.17) is 16.3 Å². The van der Waals surface area contributed by atoms with Gasteiger partial charge in [0.25, 0.3) is 0 Å². The minimum absolute atomic E-state index is 0.0113. The summed E-state index contributed by atoms with van der Waals surface area (Å²) in [6.45, 7) is 1.66. The molecule has 5 atom stereocenters. The number of thiazole rings is 1. The van der Waals surface area contributed by atoms with Crippen molar-refractivity contribution < 1.29 is 20.1 Å². The largest absolute Gasteiger partial charge is 0.394 e. The number of thioether (sulfide) groups is 1. The second-order valence-corrected chi connectivity index (χ2v) is 10.5. The van der Waals surface area contributed by atoms with Gasteiger partial charge in [-0.2, -0.15) is 9.97 Å². The number of anilines is 1. The van der Waals surface area contributed by atoms with Gasteiger partial charge in [0.2, 0.25) is 5.28 Å². The fourth-order valence-electron chi connectivity index (χ4n) is 3.83. The van der Waals surface area contributed by atoms with Crippen LogP contribution in [0, 0.1) is 0 Å². The number of imidazole rings is 1. The third-order valence-corrected chi connectivity index (χ3v) is 8.21. The number of ether oxygens (including phenoxy) is 1. The molecule has 13 heteroatoms. The van der Waals surface area contributed by atoms with Gasteiger partial charge in [-0.3, -0.25) is 4.57 Å². The highest BCUT2D eigenvalue weighted by Gasteiger charge is 2.44. The molecule has 4 N–H and O–H groups in total. The van der Waals surface area contributed by atoms with Crippen molar-refractivity contribution in [2.24, 2.45) is 0 Å². The first kappa shape index (κ1) is 23.7. The van der Waals surface area contributed by atoms with Gasteiger partial charge in [0.15, 0.2) is 27.5 Å². The highest BCUT2D eigenvalue weighted by atomic mass is 35.5. The molecule has 1 aliphatic heterocycles. The van der Waals surface area contributed by atoms with Gasteiger partial charge in [-0.05, 0) is 30.2 Å². The van der Waals surface area contributed by atoms with Crippen LogP contribution in [0.25, 0.3) is 21.4 Å². The second-order valence-electron chi connectivity index (χ2n) is 7.90. The molecule has 3 aromatic heterocycles. The number of aliphatic hydroxyl groups is 3. The van der Waals surface area contributed by atoms with Crippen molar-refractivity contribution in [2.75, 3.05) is 17.7 Å². The van der Waals surface area contributed by atoms with Gasteiger partial charge in [-0.1, -0.05) is 30.8 Å². The summed E-state index contributed by atoms with van der Waals surface area (Å²) in [6, 6.07) is 8.12. The van der Waals surface area contributed by atoms with E-state index in [1.54, 1.807) is 23.1 Å². The topological polar surface area (TPSA) is 138 Å². The van der Waals surface area contributed by atoms with E-state index in [0.29, 0.717) is 17.0 Å². The van der Waals surface area contributed by atoms with Crippen LogP contribution in [-0.2, 0) is 4.74 Å². The average Bonchev–Trinajstić information content (AvgIpc) is 3.52. The van der Waals surface area contributed by atoms with Crippen LogP contribution in [0.5, 0.6) is 0 Å². The molecule has 0 bridgehead atoms. The standard InChI is InChI=1S/C21H23ClN6O4S2/c1-2-10(8-33-21-25-11-5-3-4-6-13(11)34-21)24-17-14-18(27-20(22)26-17)28(9-23-14)19-16(31)15(30)12(7-29)32-19/h3-6,9-10,12,15-16,19,29-31H,2,7-8H2,1H3,(H,24,26,27)/t10-,12-,15?,16?,19-/m1/s1. The van der Waals surface area contributed by atoms with Gasteiger partial charge in [0.1, 0.15) is 18.3 Å². The number of nitrogens with one attached hydrogen (secondary N) is 1. The zero-order valence-electron chi connectivity index (χ0n) is 18.1. The van der Waals surface area contributed by atoms with Crippen LogP contribution in [0.2, 0.25) is 5.28 Å². The van der Waals surface area contributed by atoms with Crippen LogP contribution in [-0.4, -0.2) is 76.5 Å². The molecule has 0 radical (unpaired) electrons. The first-order valence-electron chi connectivity index (χ1n) is 10.8. The van der Waals surface area contributed by atoms with Gasteiger partial charge >= 0.3 is 0 Å². The van der Waals surface area contributed by atoms with E-state index < -0.39 is 31.1 Å². The summed E-state index contributed by atoms with van der Waals surface area (Å²) in [5.74, 6) is 1.23. The van der Waals surface area contributed by atoms with Crippen molar-refractivity contribution in [1.82, 2.24) is 24.5 Å². The molecule has 1 fully saturated rings. The van der Waals surface area contributed by atoms with Gasteiger partial charge in [0, 0.05) is 11.8 Å². The van der Waals surface area contributed by atoms with E-state index in [9.17, 15) is 15.3 Å². The van der Waals surface area contributed by atoms with Crippen LogP contribution < -0.4 is 5.32 Å². The molecule has 1 aromatic carbocycles. The third kappa shape index (κ3) is 4.47. The second kappa shape index (κ2) is 9.90. The van der Waals surface area contributed by atoms with Crippen molar-refractivity contribution in [3.05, 3.63) is 35.9 Å². The van der Waals surface area contributed by atoms with Crippen molar-refractivity contribution in [1.29, 1.82) is 0 Å². The molecule has 2 unspecified atom stereocenters. The Balaban J connectivity index is 1.36. The molecule has 4 heterocycles. The minimum Gasteiger partial charge on any atom is -0.394 e. The monoisotopic (exact) mass is 522 g/mol. The van der Waals surface area contributed by atoms with Crippen LogP contribution >= 0.6 is 34.7 Å². The van der Waals surface area contributed by atoms with E-state index in [-0.39, 0.29) is 11.3 Å². The number of nitrogens with zero attached hydrogens (tertiary/aromatic N) is 5. The van der Waals surface area contributed by atoms with Crippen LogP contribution in [0.15, 0.2) is 34.9 Å². The van der Waals surface area contributed by atoms with Crippen molar-refractivity contribution in [2.45, 2.75) is 48.3 Å². The lowest BCUT2D eigenvalue weighted by molar-refractivity contribution is -0.0511. The predicted octanol–water partition coefficient (Wildman–Crippen LogP) is 2.68. The number of halogens is 1. The fraction of sp³-hybridized carbons (Fsp3) is 0.429. The van der Waals surface area contributed by atoms with E-state index in [2.05, 4.69) is 38.2 Å². The van der Waals surface area contributed by atoms with E-state index in [0.717, 1.165) is 26.7 Å². The fourth-order valence-corrected chi connectivity index (χ4v) is 6.22. The lowest BCUT2D eigenvalue weighted by atomic mass is 10.1. The molecule has 4 aromatic rings. The number of aromatic nitrogens is 5. The molecule has 1 aliphatic rings. The van der Waals surface area contributed by atoms with Gasteiger partial charge < -0.3 is 25.4 Å². The smallest absolute Gasteiger partial charge is 0.226 e. The summed E-state index contributed by atoms with van der Waals surface area (Å²) in [5.41, 5.74) is 1.81. The normalized spacial score (nSPS) is 23.7. The lowest BCUT2D eigenvalue weighted by Crippen LogP contribution is -2.33. The summed E-state index contributed by atoms with van der Waals surface area (Å²) in [7, 11) is 0. The Bertz CT molecular complexity index is 1270. The lowest BCUT2D eigenvalue weighted by Gasteiger charge is -2.18. The van der Waals surface area contributed by atoms with Crippen LogP contribution in [0.3, 0.4) is 0 Å². The molecule has 0 saturated carbocycles. The highest BCUT2D eigenvalue weighted by Crippen LogP contribution is 2.34. The highest BCUT2D eigenvalue weighted by molar-refractivity contribution is 8.01. The van der Waals surface area contributed by atoms with Gasteiger partial charge in [0.05, 0.1) is 23.2 Å². The molecule has 5 rings (SSSR count). The maximum atomic E-state index is 10.4. The van der Waals surface area contributed by atoms with Crippen LogP contribution in [0.4, 0.5) is 5.82 Å². The van der Waals surface area contributed by atoms with Gasteiger partial charge in [-0.15, -0.1) is 11.3 Å². The Hall–Kier alpha value is -2.06.